The van der Waals surface area contributed by atoms with Crippen molar-refractivity contribution in [3.8, 4) is 0 Å². The Morgan fingerprint density at radius 2 is 2.03 bits per heavy atom. The monoisotopic (exact) mass is 490 g/mol. The van der Waals surface area contributed by atoms with Crippen LogP contribution in [0.1, 0.15) is 56.7 Å². The number of rotatable bonds is 7. The Morgan fingerprint density at radius 3 is 2.79 bits per heavy atom. The summed E-state index contributed by atoms with van der Waals surface area (Å²) < 4.78 is 10.4. The molecule has 1 saturated heterocycles. The van der Waals surface area contributed by atoms with Gasteiger partial charge in [-0.2, -0.15) is 0 Å². The molecule has 1 N–H and O–H groups in total. The van der Waals surface area contributed by atoms with Gasteiger partial charge in [0.1, 0.15) is 5.00 Å². The van der Waals surface area contributed by atoms with Crippen LogP contribution in [0.5, 0.6) is 0 Å². The van der Waals surface area contributed by atoms with Crippen LogP contribution in [0.2, 0.25) is 0 Å². The van der Waals surface area contributed by atoms with E-state index in [2.05, 4.69) is 5.32 Å². The summed E-state index contributed by atoms with van der Waals surface area (Å²) in [5.74, 6) is -1.99. The van der Waals surface area contributed by atoms with Crippen LogP contribution in [0, 0.1) is 5.92 Å². The average Bonchev–Trinajstić information content (AvgIpc) is 3.55. The number of carbonyl (C=O) groups excluding carboxylic acids is 4. The molecule has 1 aliphatic carbocycles. The standard InChI is InChI=1S/C23H26N2O6S2/c1-2-30-23(29)19-15-7-3-8-16(15)33-20(19)24-18(26)13-31-22(28)14-6-4-10-25(12-14)21(27)17-9-5-11-32-17/h5,9,11,14H,2-4,6-8,10,12-13H2,1H3,(H,24,26). The highest BCUT2D eigenvalue weighted by Crippen LogP contribution is 2.39. The van der Waals surface area contributed by atoms with Gasteiger partial charge >= 0.3 is 11.9 Å². The summed E-state index contributed by atoms with van der Waals surface area (Å²) in [6.45, 7) is 2.42. The molecule has 4 rings (SSSR count). The van der Waals surface area contributed by atoms with E-state index in [4.69, 9.17) is 9.47 Å². The van der Waals surface area contributed by atoms with Gasteiger partial charge in [-0.05, 0) is 56.0 Å². The van der Waals surface area contributed by atoms with Gasteiger partial charge in [0.25, 0.3) is 11.8 Å². The molecule has 0 saturated carbocycles. The van der Waals surface area contributed by atoms with E-state index in [0.717, 1.165) is 29.7 Å². The Morgan fingerprint density at radius 1 is 1.18 bits per heavy atom. The van der Waals surface area contributed by atoms with E-state index in [0.29, 0.717) is 34.8 Å². The van der Waals surface area contributed by atoms with Gasteiger partial charge in [0, 0.05) is 18.0 Å². The van der Waals surface area contributed by atoms with Crippen LogP contribution in [-0.2, 0) is 31.9 Å². The van der Waals surface area contributed by atoms with E-state index >= 15 is 0 Å². The van der Waals surface area contributed by atoms with Crippen molar-refractivity contribution in [2.75, 3.05) is 31.6 Å². The van der Waals surface area contributed by atoms with Gasteiger partial charge in [-0.3, -0.25) is 14.4 Å². The third-order valence-electron chi connectivity index (χ3n) is 5.77. The van der Waals surface area contributed by atoms with Gasteiger partial charge in [-0.15, -0.1) is 22.7 Å². The number of nitrogens with zero attached hydrogens (tertiary/aromatic N) is 1. The Bertz CT molecular complexity index is 1050. The van der Waals surface area contributed by atoms with E-state index in [1.54, 1.807) is 17.9 Å². The number of anilines is 1. The van der Waals surface area contributed by atoms with Gasteiger partial charge in [0.2, 0.25) is 0 Å². The summed E-state index contributed by atoms with van der Waals surface area (Å²) in [7, 11) is 0. The number of nitrogens with one attached hydrogen (secondary N) is 1. The minimum Gasteiger partial charge on any atom is -0.462 e. The molecule has 1 atom stereocenters. The second-order valence-corrected chi connectivity index (χ2v) is 10.1. The molecule has 2 aromatic heterocycles. The Labute approximate surface area is 199 Å². The number of fused-ring (bicyclic) bond motifs is 1. The van der Waals surface area contributed by atoms with Crippen LogP contribution in [0.3, 0.4) is 0 Å². The zero-order valence-corrected chi connectivity index (χ0v) is 20.0. The van der Waals surface area contributed by atoms with Gasteiger partial charge in [0.15, 0.2) is 6.61 Å². The number of carbonyl (C=O) groups is 4. The highest BCUT2D eigenvalue weighted by Gasteiger charge is 2.31. The van der Waals surface area contributed by atoms with Crippen molar-refractivity contribution in [1.29, 1.82) is 0 Å². The first-order valence-electron chi connectivity index (χ1n) is 11.1. The topological polar surface area (TPSA) is 102 Å². The number of hydrogen-bond donors (Lipinski definition) is 1. The van der Waals surface area contributed by atoms with E-state index in [1.165, 1.54) is 22.7 Å². The molecular formula is C23H26N2O6S2. The van der Waals surface area contributed by atoms with Crippen molar-refractivity contribution in [3.05, 3.63) is 38.4 Å². The van der Waals surface area contributed by atoms with Crippen LogP contribution in [0.25, 0.3) is 0 Å². The van der Waals surface area contributed by atoms with E-state index in [9.17, 15) is 19.2 Å². The number of esters is 2. The minimum absolute atomic E-state index is 0.0857. The van der Waals surface area contributed by atoms with Crippen molar-refractivity contribution in [2.24, 2.45) is 5.92 Å². The maximum absolute atomic E-state index is 12.6. The first-order chi connectivity index (χ1) is 16.0. The van der Waals surface area contributed by atoms with Gasteiger partial charge in [-0.25, -0.2) is 4.79 Å². The largest absolute Gasteiger partial charge is 0.462 e. The van der Waals surface area contributed by atoms with E-state index in [1.807, 2.05) is 11.4 Å². The maximum Gasteiger partial charge on any atom is 0.341 e. The molecule has 1 fully saturated rings. The van der Waals surface area contributed by atoms with Crippen LogP contribution in [0.4, 0.5) is 5.00 Å². The van der Waals surface area contributed by atoms with E-state index < -0.39 is 30.4 Å². The maximum atomic E-state index is 12.6. The van der Waals surface area contributed by atoms with Crippen molar-refractivity contribution < 1.29 is 28.7 Å². The lowest BCUT2D eigenvalue weighted by Crippen LogP contribution is -2.43. The number of piperidine rings is 1. The van der Waals surface area contributed by atoms with Crippen molar-refractivity contribution in [3.63, 3.8) is 0 Å². The molecule has 10 heteroatoms. The Balaban J connectivity index is 1.32. The fourth-order valence-electron chi connectivity index (χ4n) is 4.24. The summed E-state index contributed by atoms with van der Waals surface area (Å²) >= 11 is 2.75. The SMILES string of the molecule is CCOC(=O)c1c(NC(=O)COC(=O)C2CCCN(C(=O)c3cccs3)C2)sc2c1CCC2. The molecule has 176 valence electrons. The molecule has 1 aliphatic heterocycles. The van der Waals surface area contributed by atoms with Crippen LogP contribution in [-0.4, -0.2) is 55.0 Å². The van der Waals surface area contributed by atoms with Crippen LogP contribution < -0.4 is 5.32 Å². The molecular weight excluding hydrogens is 464 g/mol. The zero-order valence-electron chi connectivity index (χ0n) is 18.4. The molecule has 0 aromatic carbocycles. The molecule has 3 heterocycles. The lowest BCUT2D eigenvalue weighted by molar-refractivity contribution is -0.152. The molecule has 2 aromatic rings. The smallest absolute Gasteiger partial charge is 0.341 e. The van der Waals surface area contributed by atoms with Crippen molar-refractivity contribution >= 4 is 51.4 Å². The number of thiophene rings is 2. The summed E-state index contributed by atoms with van der Waals surface area (Å²) in [6.07, 6.45) is 3.95. The molecule has 0 spiro atoms. The highest BCUT2D eigenvalue weighted by atomic mass is 32.1. The van der Waals surface area contributed by atoms with Crippen molar-refractivity contribution in [2.45, 2.75) is 39.0 Å². The molecule has 33 heavy (non-hydrogen) atoms. The summed E-state index contributed by atoms with van der Waals surface area (Å²) in [6, 6.07) is 3.59. The quantitative estimate of drug-likeness (QED) is 0.596. The van der Waals surface area contributed by atoms with E-state index in [-0.39, 0.29) is 19.1 Å². The fraction of sp³-hybridized carbons (Fsp3) is 0.478. The van der Waals surface area contributed by atoms with Crippen LogP contribution >= 0.6 is 22.7 Å². The second-order valence-electron chi connectivity index (χ2n) is 8.01. The lowest BCUT2D eigenvalue weighted by atomic mass is 9.98. The van der Waals surface area contributed by atoms with Gasteiger partial charge in [-0.1, -0.05) is 6.07 Å². The molecule has 8 nitrogen and oxygen atoms in total. The molecule has 2 amide bonds. The highest BCUT2D eigenvalue weighted by molar-refractivity contribution is 7.17. The first-order valence-corrected chi connectivity index (χ1v) is 12.8. The predicted octanol–water partition coefficient (Wildman–Crippen LogP) is 3.51. The molecule has 0 bridgehead atoms. The van der Waals surface area contributed by atoms with Crippen molar-refractivity contribution in [1.82, 2.24) is 4.90 Å². The fourth-order valence-corrected chi connectivity index (χ4v) is 6.22. The molecule has 1 unspecified atom stereocenters. The minimum atomic E-state index is -0.504. The number of hydrogen-bond acceptors (Lipinski definition) is 8. The first kappa shape index (κ1) is 23.4. The zero-order chi connectivity index (χ0) is 23.4. The number of ether oxygens (including phenoxy) is 2. The number of aryl methyl sites for hydroxylation is 1. The van der Waals surface area contributed by atoms with Crippen LogP contribution in [0.15, 0.2) is 17.5 Å². The Hall–Kier alpha value is -2.72. The number of amides is 2. The lowest BCUT2D eigenvalue weighted by Gasteiger charge is -2.31. The summed E-state index contributed by atoms with van der Waals surface area (Å²) in [4.78, 5) is 53.5. The average molecular weight is 491 g/mol. The summed E-state index contributed by atoms with van der Waals surface area (Å²) in [5, 5.41) is 5.01. The third kappa shape index (κ3) is 5.27. The molecule has 2 aliphatic rings. The molecule has 0 radical (unpaired) electrons. The van der Waals surface area contributed by atoms with Gasteiger partial charge in [0.05, 0.1) is 23.0 Å². The second kappa shape index (κ2) is 10.5. The Kier molecular flexibility index (Phi) is 7.44. The normalized spacial score (nSPS) is 17.4. The third-order valence-corrected chi connectivity index (χ3v) is 7.84. The van der Waals surface area contributed by atoms with Gasteiger partial charge < -0.3 is 19.7 Å². The summed E-state index contributed by atoms with van der Waals surface area (Å²) in [5.41, 5.74) is 1.37. The number of likely N-dealkylation sites (tertiary alicyclic amines) is 1. The predicted molar refractivity (Wildman–Crippen MR) is 125 cm³/mol.